The Kier molecular flexibility index (Phi) is 6.30. The van der Waals surface area contributed by atoms with Crippen molar-refractivity contribution in [3.8, 4) is 18.1 Å². The Balaban J connectivity index is 0.00000200. The molecule has 106 valence electrons. The molecule has 0 amide bonds. The van der Waals surface area contributed by atoms with Crippen molar-refractivity contribution in [2.45, 2.75) is 12.8 Å². The highest BCUT2D eigenvalue weighted by atomic mass is 35.5. The van der Waals surface area contributed by atoms with E-state index in [1.807, 2.05) is 25.2 Å². The fourth-order valence-corrected chi connectivity index (χ4v) is 2.21. The summed E-state index contributed by atoms with van der Waals surface area (Å²) in [5.41, 5.74) is 1.90. The first-order valence-corrected chi connectivity index (χ1v) is 6.40. The number of hydrogen-bond acceptors (Lipinski definition) is 3. The van der Waals surface area contributed by atoms with E-state index in [9.17, 15) is 5.11 Å². The van der Waals surface area contributed by atoms with E-state index in [1.54, 1.807) is 12.3 Å². The van der Waals surface area contributed by atoms with Crippen molar-refractivity contribution in [2.75, 3.05) is 20.1 Å². The molecule has 3 nitrogen and oxygen atoms in total. The number of aromatic nitrogens is 1. The Morgan fingerprint density at radius 3 is 2.90 bits per heavy atom. The lowest BCUT2D eigenvalue weighted by atomic mass is 10.0. The highest BCUT2D eigenvalue weighted by Crippen LogP contribution is 2.26. The van der Waals surface area contributed by atoms with Crippen molar-refractivity contribution in [1.29, 1.82) is 0 Å². The first-order chi connectivity index (χ1) is 9.22. The summed E-state index contributed by atoms with van der Waals surface area (Å²) in [5, 5.41) is 10.8. The maximum absolute atomic E-state index is 9.79. The van der Waals surface area contributed by atoms with Crippen LogP contribution in [0.2, 0.25) is 0 Å². The highest BCUT2D eigenvalue weighted by Gasteiger charge is 2.06. The van der Waals surface area contributed by atoms with Crippen LogP contribution < -0.4 is 0 Å². The summed E-state index contributed by atoms with van der Waals surface area (Å²) in [5.74, 6) is 2.88. The Morgan fingerprint density at radius 1 is 1.35 bits per heavy atom. The molecule has 0 radical (unpaired) electrons. The lowest BCUT2D eigenvalue weighted by Crippen LogP contribution is -2.20. The number of fused-ring (bicyclic) bond motifs is 1. The summed E-state index contributed by atoms with van der Waals surface area (Å²) in [6.45, 7) is 1.64. The average molecular weight is 291 g/mol. The minimum Gasteiger partial charge on any atom is -0.506 e. The van der Waals surface area contributed by atoms with Crippen LogP contribution in [0.25, 0.3) is 10.9 Å². The average Bonchev–Trinajstić information content (AvgIpc) is 2.42. The summed E-state index contributed by atoms with van der Waals surface area (Å²) in [6, 6.07) is 7.59. The minimum atomic E-state index is 0. The largest absolute Gasteiger partial charge is 0.506 e. The van der Waals surface area contributed by atoms with E-state index < -0.39 is 0 Å². The fraction of sp³-hybridized carbons (Fsp3) is 0.312. The molecule has 1 heterocycles. The zero-order valence-corrected chi connectivity index (χ0v) is 12.4. The molecule has 20 heavy (non-hydrogen) atoms. The number of halogens is 1. The van der Waals surface area contributed by atoms with E-state index in [0.717, 1.165) is 24.8 Å². The monoisotopic (exact) mass is 290 g/mol. The number of phenolic OH excluding ortho intramolecular Hbond substituents is 1. The van der Waals surface area contributed by atoms with Gasteiger partial charge in [0, 0.05) is 11.6 Å². The van der Waals surface area contributed by atoms with Crippen LogP contribution in [0.4, 0.5) is 0 Å². The van der Waals surface area contributed by atoms with Gasteiger partial charge in [0.25, 0.3) is 0 Å². The maximum Gasteiger partial charge on any atom is 0.141 e. The van der Waals surface area contributed by atoms with Crippen molar-refractivity contribution in [3.05, 3.63) is 36.0 Å². The summed E-state index contributed by atoms with van der Waals surface area (Å²) in [6.07, 6.45) is 8.97. The molecule has 0 saturated carbocycles. The fourth-order valence-electron chi connectivity index (χ4n) is 2.21. The third-order valence-corrected chi connectivity index (χ3v) is 3.19. The molecule has 4 heteroatoms. The van der Waals surface area contributed by atoms with Crippen LogP contribution in [-0.2, 0) is 6.42 Å². The highest BCUT2D eigenvalue weighted by molar-refractivity contribution is 5.87. The van der Waals surface area contributed by atoms with Crippen molar-refractivity contribution >= 4 is 23.3 Å². The molecule has 0 unspecified atom stereocenters. The van der Waals surface area contributed by atoms with Gasteiger partial charge in [-0.15, -0.1) is 18.8 Å². The second kappa shape index (κ2) is 7.74. The molecule has 0 saturated heterocycles. The van der Waals surface area contributed by atoms with Gasteiger partial charge >= 0.3 is 0 Å². The molecular weight excluding hydrogens is 272 g/mol. The second-order valence-corrected chi connectivity index (χ2v) is 4.69. The lowest BCUT2D eigenvalue weighted by molar-refractivity contribution is 0.369. The van der Waals surface area contributed by atoms with Crippen molar-refractivity contribution in [3.63, 3.8) is 0 Å². The standard InChI is InChI=1S/C16H18N2O.ClH/c1-3-11-18(2)12-5-6-13-8-9-15(19)16-14(13)7-4-10-17-16;/h1,4,7-10,19H,5-6,11-12H2,2H3;1H. The van der Waals surface area contributed by atoms with Gasteiger partial charge in [0.2, 0.25) is 0 Å². The molecule has 1 aromatic carbocycles. The van der Waals surface area contributed by atoms with E-state index in [4.69, 9.17) is 6.42 Å². The summed E-state index contributed by atoms with van der Waals surface area (Å²) in [4.78, 5) is 6.35. The van der Waals surface area contributed by atoms with Crippen LogP contribution in [0, 0.1) is 12.3 Å². The molecular formula is C16H19ClN2O. The van der Waals surface area contributed by atoms with E-state index in [2.05, 4.69) is 15.8 Å². The molecule has 2 rings (SSSR count). The second-order valence-electron chi connectivity index (χ2n) is 4.69. The van der Waals surface area contributed by atoms with Gasteiger partial charge in [-0.1, -0.05) is 18.1 Å². The molecule has 0 spiro atoms. The summed E-state index contributed by atoms with van der Waals surface area (Å²) < 4.78 is 0. The first kappa shape index (κ1) is 16.3. The van der Waals surface area contributed by atoms with E-state index >= 15 is 0 Å². The molecule has 1 aromatic heterocycles. The quantitative estimate of drug-likeness (QED) is 0.860. The van der Waals surface area contributed by atoms with Gasteiger partial charge in [-0.3, -0.25) is 9.88 Å². The number of aromatic hydroxyl groups is 1. The van der Waals surface area contributed by atoms with Crippen molar-refractivity contribution in [2.24, 2.45) is 0 Å². The lowest BCUT2D eigenvalue weighted by Gasteiger charge is -2.13. The van der Waals surface area contributed by atoms with E-state index in [1.165, 1.54) is 5.56 Å². The van der Waals surface area contributed by atoms with Crippen LogP contribution in [0.15, 0.2) is 30.5 Å². The van der Waals surface area contributed by atoms with Gasteiger partial charge in [0.05, 0.1) is 6.54 Å². The van der Waals surface area contributed by atoms with Gasteiger partial charge in [0.1, 0.15) is 11.3 Å². The third kappa shape index (κ3) is 3.86. The maximum atomic E-state index is 9.79. The number of nitrogens with zero attached hydrogens (tertiary/aromatic N) is 2. The summed E-state index contributed by atoms with van der Waals surface area (Å²) >= 11 is 0. The van der Waals surface area contributed by atoms with Crippen LogP contribution in [0.3, 0.4) is 0 Å². The topological polar surface area (TPSA) is 36.4 Å². The molecule has 0 bridgehead atoms. The van der Waals surface area contributed by atoms with Gasteiger partial charge in [-0.05, 0) is 44.1 Å². The van der Waals surface area contributed by atoms with Gasteiger partial charge < -0.3 is 5.11 Å². The molecule has 0 atom stereocenters. The normalized spacial score (nSPS) is 10.2. The molecule has 2 aromatic rings. The predicted octanol–water partition coefficient (Wildman–Crippen LogP) is 2.86. The van der Waals surface area contributed by atoms with Crippen LogP contribution in [0.5, 0.6) is 5.75 Å². The molecule has 0 aliphatic rings. The smallest absolute Gasteiger partial charge is 0.141 e. The van der Waals surface area contributed by atoms with Crippen LogP contribution in [0.1, 0.15) is 12.0 Å². The van der Waals surface area contributed by atoms with Gasteiger partial charge in [-0.25, -0.2) is 0 Å². The molecule has 1 N–H and O–H groups in total. The van der Waals surface area contributed by atoms with Crippen LogP contribution >= 0.6 is 12.4 Å². The predicted molar refractivity (Wildman–Crippen MR) is 85.3 cm³/mol. The van der Waals surface area contributed by atoms with Gasteiger partial charge in [0.15, 0.2) is 0 Å². The number of aryl methyl sites for hydroxylation is 1. The Morgan fingerprint density at radius 2 is 2.15 bits per heavy atom. The SMILES string of the molecule is C#CCN(C)CCCc1ccc(O)c2ncccc12.Cl. The zero-order valence-electron chi connectivity index (χ0n) is 11.5. The van der Waals surface area contributed by atoms with E-state index in [0.29, 0.717) is 12.1 Å². The molecule has 0 fully saturated rings. The minimum absolute atomic E-state index is 0. The third-order valence-electron chi connectivity index (χ3n) is 3.19. The van der Waals surface area contributed by atoms with E-state index in [-0.39, 0.29) is 18.2 Å². The zero-order chi connectivity index (χ0) is 13.7. The Labute approximate surface area is 126 Å². The number of phenols is 1. The number of terminal acetylenes is 1. The number of rotatable bonds is 5. The Bertz CT molecular complexity index is 607. The molecule has 0 aliphatic carbocycles. The number of pyridine rings is 1. The first-order valence-electron chi connectivity index (χ1n) is 6.40. The molecule has 0 aliphatic heterocycles. The van der Waals surface area contributed by atoms with Crippen molar-refractivity contribution in [1.82, 2.24) is 9.88 Å². The van der Waals surface area contributed by atoms with Gasteiger partial charge in [-0.2, -0.15) is 0 Å². The number of hydrogen-bond donors (Lipinski definition) is 1. The Hall–Kier alpha value is -1.76. The van der Waals surface area contributed by atoms with Crippen LogP contribution in [-0.4, -0.2) is 35.1 Å². The number of benzene rings is 1. The van der Waals surface area contributed by atoms with Crippen molar-refractivity contribution < 1.29 is 5.11 Å². The summed E-state index contributed by atoms with van der Waals surface area (Å²) in [7, 11) is 2.02.